The summed E-state index contributed by atoms with van der Waals surface area (Å²) in [5.74, 6) is -0.349. The van der Waals surface area contributed by atoms with Gasteiger partial charge in [0, 0.05) is 36.9 Å². The molecule has 0 unspecified atom stereocenters. The molecule has 0 atom stereocenters. The van der Waals surface area contributed by atoms with Crippen LogP contribution in [0.1, 0.15) is 36.5 Å². The highest BCUT2D eigenvalue weighted by molar-refractivity contribution is 5.94. The fourth-order valence-electron chi connectivity index (χ4n) is 3.60. The van der Waals surface area contributed by atoms with Gasteiger partial charge >= 0.3 is 6.03 Å². The summed E-state index contributed by atoms with van der Waals surface area (Å²) in [6, 6.07) is 15.0. The van der Waals surface area contributed by atoms with E-state index in [2.05, 4.69) is 5.32 Å². The van der Waals surface area contributed by atoms with E-state index in [1.807, 2.05) is 47.1 Å². The quantitative estimate of drug-likeness (QED) is 0.833. The number of hydrogen-bond acceptors (Lipinski definition) is 2. The molecule has 0 radical (unpaired) electrons. The van der Waals surface area contributed by atoms with E-state index >= 15 is 0 Å². The summed E-state index contributed by atoms with van der Waals surface area (Å²) in [6.07, 6.45) is 2.30. The number of rotatable bonds is 5. The minimum absolute atomic E-state index is 0.0327. The molecule has 1 heterocycles. The molecule has 5 nitrogen and oxygen atoms in total. The molecule has 1 saturated heterocycles. The first-order valence-corrected chi connectivity index (χ1v) is 9.76. The fraction of sp³-hybridized carbons (Fsp3) is 0.364. The molecule has 1 fully saturated rings. The molecule has 3 amide bonds. The Bertz CT molecular complexity index is 804. The Morgan fingerprint density at radius 2 is 1.82 bits per heavy atom. The first kappa shape index (κ1) is 19.9. The van der Waals surface area contributed by atoms with Crippen molar-refractivity contribution in [2.24, 2.45) is 0 Å². The smallest absolute Gasteiger partial charge is 0.322 e. The Hall–Kier alpha value is -2.89. The van der Waals surface area contributed by atoms with Crippen LogP contribution in [-0.4, -0.2) is 47.4 Å². The second-order valence-electron chi connectivity index (χ2n) is 7.02. The van der Waals surface area contributed by atoms with Crippen LogP contribution in [0, 0.1) is 5.82 Å². The molecule has 1 aliphatic rings. The third-order valence-electron chi connectivity index (χ3n) is 5.01. The topological polar surface area (TPSA) is 52.7 Å². The Balaban J connectivity index is 1.61. The number of nitrogens with one attached hydrogen (secondary N) is 1. The third-order valence-corrected chi connectivity index (χ3v) is 5.01. The lowest BCUT2D eigenvalue weighted by molar-refractivity contribution is 0.0657. The van der Waals surface area contributed by atoms with Crippen LogP contribution >= 0.6 is 0 Å². The van der Waals surface area contributed by atoms with Gasteiger partial charge in [0.15, 0.2) is 0 Å². The van der Waals surface area contributed by atoms with E-state index in [-0.39, 0.29) is 23.8 Å². The first-order chi connectivity index (χ1) is 13.6. The zero-order chi connectivity index (χ0) is 19.9. The second-order valence-corrected chi connectivity index (χ2v) is 7.02. The summed E-state index contributed by atoms with van der Waals surface area (Å²) >= 11 is 0. The average molecular weight is 383 g/mol. The van der Waals surface area contributed by atoms with Gasteiger partial charge < -0.3 is 15.1 Å². The van der Waals surface area contributed by atoms with E-state index in [1.165, 1.54) is 12.1 Å². The van der Waals surface area contributed by atoms with E-state index in [1.54, 1.807) is 12.1 Å². The predicted octanol–water partition coefficient (Wildman–Crippen LogP) is 4.37. The summed E-state index contributed by atoms with van der Waals surface area (Å²) in [5, 5.41) is 2.79. The zero-order valence-electron chi connectivity index (χ0n) is 16.1. The van der Waals surface area contributed by atoms with Crippen molar-refractivity contribution in [3.05, 3.63) is 66.0 Å². The number of urea groups is 1. The van der Waals surface area contributed by atoms with Crippen molar-refractivity contribution < 1.29 is 14.0 Å². The van der Waals surface area contributed by atoms with Gasteiger partial charge in [0.1, 0.15) is 5.82 Å². The van der Waals surface area contributed by atoms with E-state index in [9.17, 15) is 14.0 Å². The Morgan fingerprint density at radius 3 is 2.46 bits per heavy atom. The van der Waals surface area contributed by atoms with Crippen LogP contribution in [0.15, 0.2) is 54.6 Å². The normalized spacial score (nSPS) is 14.6. The number of likely N-dealkylation sites (tertiary alicyclic amines) is 1. The number of halogens is 1. The highest BCUT2D eigenvalue weighted by Crippen LogP contribution is 2.20. The van der Waals surface area contributed by atoms with Crippen LogP contribution in [0.3, 0.4) is 0 Å². The summed E-state index contributed by atoms with van der Waals surface area (Å²) < 4.78 is 13.4. The average Bonchev–Trinajstić information content (AvgIpc) is 2.72. The van der Waals surface area contributed by atoms with E-state index in [0.717, 1.165) is 19.3 Å². The largest absolute Gasteiger partial charge is 0.338 e. The predicted molar refractivity (Wildman–Crippen MR) is 108 cm³/mol. The number of anilines is 1. The minimum atomic E-state index is -0.382. The van der Waals surface area contributed by atoms with Crippen molar-refractivity contribution in [1.29, 1.82) is 0 Å². The SMILES string of the molecule is CCCN(C(=O)Nc1cccc(F)c1)C1CCN(C(=O)c2ccccc2)CC1. The third kappa shape index (κ3) is 4.88. The molecule has 2 aromatic rings. The lowest BCUT2D eigenvalue weighted by Gasteiger charge is -2.38. The number of nitrogens with zero attached hydrogens (tertiary/aromatic N) is 2. The van der Waals surface area contributed by atoms with Crippen LogP contribution in [-0.2, 0) is 0 Å². The van der Waals surface area contributed by atoms with E-state index < -0.39 is 0 Å². The Labute approximate surface area is 165 Å². The maximum Gasteiger partial charge on any atom is 0.322 e. The molecular weight excluding hydrogens is 357 g/mol. The minimum Gasteiger partial charge on any atom is -0.338 e. The molecule has 2 aromatic carbocycles. The summed E-state index contributed by atoms with van der Waals surface area (Å²) in [7, 11) is 0. The van der Waals surface area contributed by atoms with Gasteiger partial charge in [0.2, 0.25) is 0 Å². The van der Waals surface area contributed by atoms with Crippen molar-refractivity contribution in [1.82, 2.24) is 9.80 Å². The van der Waals surface area contributed by atoms with Crippen molar-refractivity contribution in [2.45, 2.75) is 32.2 Å². The lowest BCUT2D eigenvalue weighted by atomic mass is 10.0. The maximum atomic E-state index is 13.4. The number of hydrogen-bond donors (Lipinski definition) is 1. The highest BCUT2D eigenvalue weighted by Gasteiger charge is 2.29. The number of carbonyl (C=O) groups excluding carboxylic acids is 2. The van der Waals surface area contributed by atoms with Gasteiger partial charge in [0.25, 0.3) is 5.91 Å². The van der Waals surface area contributed by atoms with Crippen molar-refractivity contribution >= 4 is 17.6 Å². The molecule has 148 valence electrons. The monoisotopic (exact) mass is 383 g/mol. The van der Waals surface area contributed by atoms with Crippen LogP contribution in [0.5, 0.6) is 0 Å². The maximum absolute atomic E-state index is 13.4. The fourth-order valence-corrected chi connectivity index (χ4v) is 3.60. The summed E-state index contributed by atoms with van der Waals surface area (Å²) in [6.45, 7) is 3.88. The van der Waals surface area contributed by atoms with Gasteiger partial charge in [-0.3, -0.25) is 4.79 Å². The van der Waals surface area contributed by atoms with Gasteiger partial charge in [-0.1, -0.05) is 31.2 Å². The standard InChI is InChI=1S/C22H26FN3O2/c1-2-13-26(22(28)24-19-10-6-9-18(23)16-19)20-11-14-25(15-12-20)21(27)17-7-4-3-5-8-17/h3-10,16,20H,2,11-15H2,1H3,(H,24,28). The number of amides is 3. The van der Waals surface area contributed by atoms with Gasteiger partial charge in [-0.2, -0.15) is 0 Å². The van der Waals surface area contributed by atoms with E-state index in [4.69, 9.17) is 0 Å². The van der Waals surface area contributed by atoms with Crippen molar-refractivity contribution in [3.8, 4) is 0 Å². The van der Waals surface area contributed by atoms with Crippen LogP contribution in [0.25, 0.3) is 0 Å². The summed E-state index contributed by atoms with van der Waals surface area (Å²) in [5.41, 5.74) is 1.14. The molecular formula is C22H26FN3O2. The van der Waals surface area contributed by atoms with Crippen molar-refractivity contribution in [2.75, 3.05) is 25.0 Å². The van der Waals surface area contributed by atoms with Gasteiger partial charge in [0.05, 0.1) is 0 Å². The first-order valence-electron chi connectivity index (χ1n) is 9.76. The molecule has 28 heavy (non-hydrogen) atoms. The number of piperidine rings is 1. The molecule has 0 saturated carbocycles. The molecule has 0 aliphatic carbocycles. The second kappa shape index (κ2) is 9.35. The Morgan fingerprint density at radius 1 is 1.11 bits per heavy atom. The number of benzene rings is 2. The van der Waals surface area contributed by atoms with Gasteiger partial charge in [-0.25, -0.2) is 9.18 Å². The number of carbonyl (C=O) groups is 2. The highest BCUT2D eigenvalue weighted by atomic mass is 19.1. The van der Waals surface area contributed by atoms with Crippen LogP contribution < -0.4 is 5.32 Å². The molecule has 1 aliphatic heterocycles. The molecule has 1 N–H and O–H groups in total. The zero-order valence-corrected chi connectivity index (χ0v) is 16.1. The molecule has 3 rings (SSSR count). The van der Waals surface area contributed by atoms with Crippen LogP contribution in [0.2, 0.25) is 0 Å². The van der Waals surface area contributed by atoms with Gasteiger partial charge in [-0.15, -0.1) is 0 Å². The van der Waals surface area contributed by atoms with Crippen LogP contribution in [0.4, 0.5) is 14.9 Å². The lowest BCUT2D eigenvalue weighted by Crippen LogP contribution is -2.50. The van der Waals surface area contributed by atoms with E-state index in [0.29, 0.717) is 30.9 Å². The molecule has 0 bridgehead atoms. The van der Waals surface area contributed by atoms with Gasteiger partial charge in [-0.05, 0) is 49.6 Å². The summed E-state index contributed by atoms with van der Waals surface area (Å²) in [4.78, 5) is 29.0. The Kier molecular flexibility index (Phi) is 6.63. The van der Waals surface area contributed by atoms with Crippen molar-refractivity contribution in [3.63, 3.8) is 0 Å². The molecule has 6 heteroatoms. The molecule has 0 aromatic heterocycles. The molecule has 0 spiro atoms.